The molecule has 0 aliphatic carbocycles. The second-order valence-electron chi connectivity index (χ2n) is 4.31. The number of methoxy groups -OCH3 is 1. The molecule has 76 valence electrons. The van der Waals surface area contributed by atoms with Crippen molar-refractivity contribution in [3.8, 4) is 0 Å². The number of ether oxygens (including phenoxy) is 2. The molecule has 3 heteroatoms. The van der Waals surface area contributed by atoms with Crippen LogP contribution in [-0.2, 0) is 14.3 Å². The average molecular weight is 186 g/mol. The number of hydrogen-bond acceptors (Lipinski definition) is 3. The van der Waals surface area contributed by atoms with Gasteiger partial charge in [0.15, 0.2) is 0 Å². The van der Waals surface area contributed by atoms with E-state index in [1.807, 2.05) is 13.8 Å². The average Bonchev–Trinajstić information content (AvgIpc) is 2.54. The van der Waals surface area contributed by atoms with Crippen LogP contribution in [0.2, 0.25) is 0 Å². The number of carbonyl (C=O) groups is 1. The first-order chi connectivity index (χ1) is 6.06. The third-order valence-corrected chi connectivity index (χ3v) is 2.56. The highest BCUT2D eigenvalue weighted by molar-refractivity contribution is 5.75. The van der Waals surface area contributed by atoms with E-state index in [4.69, 9.17) is 9.47 Å². The molecule has 0 aromatic rings. The van der Waals surface area contributed by atoms with Crippen molar-refractivity contribution < 1.29 is 14.3 Å². The maximum absolute atomic E-state index is 11.4. The minimum atomic E-state index is -0.368. The molecule has 1 atom stereocenters. The van der Waals surface area contributed by atoms with E-state index in [1.165, 1.54) is 7.11 Å². The van der Waals surface area contributed by atoms with E-state index >= 15 is 0 Å². The fraction of sp³-hybridized carbons (Fsp3) is 0.900. The molecule has 0 bridgehead atoms. The Labute approximate surface area is 79.4 Å². The lowest BCUT2D eigenvalue weighted by molar-refractivity contribution is -0.151. The summed E-state index contributed by atoms with van der Waals surface area (Å²) in [7, 11) is 1.44. The van der Waals surface area contributed by atoms with Crippen LogP contribution in [0.4, 0.5) is 0 Å². The highest BCUT2D eigenvalue weighted by Gasteiger charge is 2.33. The summed E-state index contributed by atoms with van der Waals surface area (Å²) < 4.78 is 10.0. The van der Waals surface area contributed by atoms with Gasteiger partial charge in [-0.05, 0) is 32.6 Å². The van der Waals surface area contributed by atoms with Crippen LogP contribution in [0.15, 0.2) is 0 Å². The van der Waals surface area contributed by atoms with E-state index in [0.717, 1.165) is 26.1 Å². The largest absolute Gasteiger partial charge is 0.469 e. The summed E-state index contributed by atoms with van der Waals surface area (Å²) in [6.07, 6.45) is 1.93. The Morgan fingerprint density at radius 1 is 1.62 bits per heavy atom. The van der Waals surface area contributed by atoms with Crippen LogP contribution in [0.5, 0.6) is 0 Å². The highest BCUT2D eigenvalue weighted by Crippen LogP contribution is 2.30. The molecule has 1 rings (SSSR count). The summed E-state index contributed by atoms with van der Waals surface area (Å²) in [5, 5.41) is 0. The molecular weight excluding hydrogens is 168 g/mol. The van der Waals surface area contributed by atoms with E-state index in [2.05, 4.69) is 0 Å². The van der Waals surface area contributed by atoms with Crippen LogP contribution >= 0.6 is 0 Å². The Bertz CT molecular complexity index is 181. The number of esters is 1. The molecule has 0 spiro atoms. The number of carbonyl (C=O) groups excluding carboxylic acids is 1. The first kappa shape index (κ1) is 10.5. The molecule has 1 fully saturated rings. The van der Waals surface area contributed by atoms with Gasteiger partial charge < -0.3 is 9.47 Å². The predicted octanol–water partition coefficient (Wildman–Crippen LogP) is 1.61. The van der Waals surface area contributed by atoms with Gasteiger partial charge in [0.2, 0.25) is 0 Å². The molecule has 0 amide bonds. The fourth-order valence-electron chi connectivity index (χ4n) is 1.83. The van der Waals surface area contributed by atoms with Crippen molar-refractivity contribution in [2.24, 2.45) is 11.3 Å². The van der Waals surface area contributed by atoms with Gasteiger partial charge in [-0.2, -0.15) is 0 Å². The summed E-state index contributed by atoms with van der Waals surface area (Å²) in [5.41, 5.74) is -0.368. The van der Waals surface area contributed by atoms with Crippen LogP contribution in [0.1, 0.15) is 26.7 Å². The standard InChI is InChI=1S/C10H18O3/c1-10(2,9(11)12-3)6-8-4-5-13-7-8/h8H,4-7H2,1-3H3/t8-/m0/s1. The molecule has 1 aliphatic heterocycles. The molecular formula is C10H18O3. The monoisotopic (exact) mass is 186 g/mol. The van der Waals surface area contributed by atoms with Gasteiger partial charge in [0, 0.05) is 13.2 Å². The van der Waals surface area contributed by atoms with E-state index in [1.54, 1.807) is 0 Å². The van der Waals surface area contributed by atoms with E-state index < -0.39 is 0 Å². The van der Waals surface area contributed by atoms with Gasteiger partial charge in [0.1, 0.15) is 0 Å². The molecule has 1 aliphatic rings. The van der Waals surface area contributed by atoms with Crippen LogP contribution in [0.25, 0.3) is 0 Å². The molecule has 1 heterocycles. The maximum Gasteiger partial charge on any atom is 0.311 e. The lowest BCUT2D eigenvalue weighted by atomic mass is 9.82. The molecule has 0 saturated carbocycles. The summed E-state index contributed by atoms with van der Waals surface area (Å²) in [4.78, 5) is 11.4. The van der Waals surface area contributed by atoms with Gasteiger partial charge in [-0.3, -0.25) is 4.79 Å². The smallest absolute Gasteiger partial charge is 0.311 e. The Morgan fingerprint density at radius 3 is 2.77 bits per heavy atom. The van der Waals surface area contributed by atoms with Crippen LogP contribution in [0, 0.1) is 11.3 Å². The summed E-state index contributed by atoms with van der Waals surface area (Å²) in [5.74, 6) is 0.397. The van der Waals surface area contributed by atoms with Gasteiger partial charge in [-0.25, -0.2) is 0 Å². The van der Waals surface area contributed by atoms with Gasteiger partial charge in [0.25, 0.3) is 0 Å². The van der Waals surface area contributed by atoms with Crippen LogP contribution < -0.4 is 0 Å². The zero-order valence-corrected chi connectivity index (χ0v) is 8.63. The maximum atomic E-state index is 11.4. The topological polar surface area (TPSA) is 35.5 Å². The molecule has 0 aromatic heterocycles. The van der Waals surface area contributed by atoms with E-state index in [-0.39, 0.29) is 11.4 Å². The SMILES string of the molecule is COC(=O)C(C)(C)C[C@@H]1CCOC1. The number of rotatable bonds is 3. The minimum Gasteiger partial charge on any atom is -0.469 e. The van der Waals surface area contributed by atoms with Gasteiger partial charge >= 0.3 is 5.97 Å². The van der Waals surface area contributed by atoms with Gasteiger partial charge in [-0.15, -0.1) is 0 Å². The Kier molecular flexibility index (Phi) is 3.31. The first-order valence-electron chi connectivity index (χ1n) is 4.72. The zero-order chi connectivity index (χ0) is 9.90. The van der Waals surface area contributed by atoms with E-state index in [9.17, 15) is 4.79 Å². The minimum absolute atomic E-state index is 0.126. The quantitative estimate of drug-likeness (QED) is 0.628. The zero-order valence-electron chi connectivity index (χ0n) is 8.63. The van der Waals surface area contributed by atoms with Gasteiger partial charge in [-0.1, -0.05) is 0 Å². The Balaban J connectivity index is 2.44. The Hall–Kier alpha value is -0.570. The third-order valence-electron chi connectivity index (χ3n) is 2.56. The Morgan fingerprint density at radius 2 is 2.31 bits per heavy atom. The normalized spacial score (nSPS) is 23.2. The number of hydrogen-bond donors (Lipinski definition) is 0. The van der Waals surface area contributed by atoms with Crippen molar-refractivity contribution in [3.05, 3.63) is 0 Å². The van der Waals surface area contributed by atoms with Crippen molar-refractivity contribution in [2.45, 2.75) is 26.7 Å². The second kappa shape index (κ2) is 4.09. The summed E-state index contributed by atoms with van der Waals surface area (Å²) >= 11 is 0. The summed E-state index contributed by atoms with van der Waals surface area (Å²) in [6, 6.07) is 0. The van der Waals surface area contributed by atoms with Crippen LogP contribution in [0.3, 0.4) is 0 Å². The first-order valence-corrected chi connectivity index (χ1v) is 4.72. The van der Waals surface area contributed by atoms with Crippen LogP contribution in [-0.4, -0.2) is 26.3 Å². The summed E-state index contributed by atoms with van der Waals surface area (Å²) in [6.45, 7) is 5.48. The van der Waals surface area contributed by atoms with Crippen molar-refractivity contribution >= 4 is 5.97 Å². The molecule has 13 heavy (non-hydrogen) atoms. The van der Waals surface area contributed by atoms with Gasteiger partial charge in [0.05, 0.1) is 12.5 Å². The highest BCUT2D eigenvalue weighted by atomic mass is 16.5. The van der Waals surface area contributed by atoms with Crippen molar-refractivity contribution in [1.29, 1.82) is 0 Å². The van der Waals surface area contributed by atoms with Crippen molar-refractivity contribution in [2.75, 3.05) is 20.3 Å². The van der Waals surface area contributed by atoms with Crippen molar-refractivity contribution in [1.82, 2.24) is 0 Å². The molecule has 0 unspecified atom stereocenters. The molecule has 3 nitrogen and oxygen atoms in total. The fourth-order valence-corrected chi connectivity index (χ4v) is 1.83. The lowest BCUT2D eigenvalue weighted by Gasteiger charge is -2.23. The second-order valence-corrected chi connectivity index (χ2v) is 4.31. The van der Waals surface area contributed by atoms with Crippen molar-refractivity contribution in [3.63, 3.8) is 0 Å². The molecule has 1 saturated heterocycles. The molecule has 0 N–H and O–H groups in total. The predicted molar refractivity (Wildman–Crippen MR) is 49.3 cm³/mol. The molecule has 0 aromatic carbocycles. The van der Waals surface area contributed by atoms with E-state index in [0.29, 0.717) is 5.92 Å². The third kappa shape index (κ3) is 2.69. The lowest BCUT2D eigenvalue weighted by Crippen LogP contribution is -2.28. The molecule has 0 radical (unpaired) electrons.